The minimum atomic E-state index is -1.21. The topological polar surface area (TPSA) is 167 Å². The summed E-state index contributed by atoms with van der Waals surface area (Å²) in [7, 11) is 6.48. The maximum absolute atomic E-state index is 14.4. The molecule has 0 bridgehead atoms. The van der Waals surface area contributed by atoms with Crippen LogP contribution in [0.4, 0.5) is 0 Å². The third-order valence-electron chi connectivity index (χ3n) is 11.6. The number of nitrogens with one attached hydrogen (secondary N) is 3. The highest BCUT2D eigenvalue weighted by atomic mass is 35.5. The first-order chi connectivity index (χ1) is 25.4. The van der Waals surface area contributed by atoms with Crippen LogP contribution >= 0.6 is 11.6 Å². The Morgan fingerprint density at radius 3 is 2.09 bits per heavy atom. The quantitative estimate of drug-likeness (QED) is 0.146. The predicted molar refractivity (Wildman–Crippen MR) is 208 cm³/mol. The van der Waals surface area contributed by atoms with Crippen molar-refractivity contribution >= 4 is 41.2 Å². The van der Waals surface area contributed by atoms with Crippen molar-refractivity contribution in [3.63, 3.8) is 0 Å². The molecule has 1 aliphatic heterocycles. The lowest BCUT2D eigenvalue weighted by Crippen LogP contribution is -2.59. The van der Waals surface area contributed by atoms with Crippen molar-refractivity contribution < 1.29 is 38.6 Å². The van der Waals surface area contributed by atoms with Crippen molar-refractivity contribution in [2.45, 2.75) is 129 Å². The van der Waals surface area contributed by atoms with Crippen molar-refractivity contribution in [2.75, 3.05) is 28.3 Å². The number of likely N-dealkylation sites (N-methyl/N-ethyl adjacent to an activating group) is 2. The van der Waals surface area contributed by atoms with E-state index in [9.17, 15) is 29.1 Å². The molecule has 0 aromatic heterocycles. The molecular formula is C40H64ClN5O8. The number of rotatable bonds is 21. The lowest BCUT2D eigenvalue weighted by atomic mass is 9.89. The van der Waals surface area contributed by atoms with Gasteiger partial charge in [-0.2, -0.15) is 0 Å². The molecule has 13 nitrogen and oxygen atoms in total. The van der Waals surface area contributed by atoms with Crippen molar-refractivity contribution in [1.82, 2.24) is 25.8 Å². The lowest BCUT2D eigenvalue weighted by Gasteiger charge is -2.41. The summed E-state index contributed by atoms with van der Waals surface area (Å²) in [6.45, 7) is 13.4. The van der Waals surface area contributed by atoms with E-state index in [0.29, 0.717) is 23.4 Å². The van der Waals surface area contributed by atoms with Crippen LogP contribution in [0.1, 0.15) is 79.7 Å². The Labute approximate surface area is 326 Å². The zero-order chi connectivity index (χ0) is 40.6. The van der Waals surface area contributed by atoms with Gasteiger partial charge in [0.2, 0.25) is 23.6 Å². The van der Waals surface area contributed by atoms with Crippen LogP contribution in [0.3, 0.4) is 0 Å². The van der Waals surface area contributed by atoms with E-state index in [4.69, 9.17) is 21.1 Å². The van der Waals surface area contributed by atoms with Gasteiger partial charge in [0, 0.05) is 38.8 Å². The number of piperidine rings is 1. The molecule has 1 heterocycles. The SMILES string of the molecule is CC[C@H](C)[C@@H](C(CC(=O)N1C2CC2C[C@H]1[C@H](OC)[C@@H](C)C(=O)N[C@@H](Cc1ccccc1Cl)C(=O)O)OC)N(C)C(=O)[C@@H](NC(=O)C(NC)C(C)C)C(C)C. The Hall–Kier alpha value is -3.26. The number of hydrogen-bond acceptors (Lipinski definition) is 8. The third-order valence-corrected chi connectivity index (χ3v) is 11.9. The van der Waals surface area contributed by atoms with Gasteiger partial charge in [-0.3, -0.25) is 19.2 Å². The van der Waals surface area contributed by atoms with Crippen LogP contribution < -0.4 is 16.0 Å². The summed E-state index contributed by atoms with van der Waals surface area (Å²) < 4.78 is 11.9. The molecule has 2 fully saturated rings. The van der Waals surface area contributed by atoms with Crippen molar-refractivity contribution in [3.05, 3.63) is 34.9 Å². The van der Waals surface area contributed by atoms with E-state index in [1.807, 2.05) is 46.4 Å². The zero-order valence-electron chi connectivity index (χ0n) is 33.9. The molecule has 4 N–H and O–H groups in total. The van der Waals surface area contributed by atoms with Crippen LogP contribution in [0.5, 0.6) is 0 Å². The maximum atomic E-state index is 14.4. The van der Waals surface area contributed by atoms with Gasteiger partial charge in [0.05, 0.1) is 42.7 Å². The molecule has 1 aromatic rings. The normalized spacial score (nSPS) is 22.3. The fourth-order valence-electron chi connectivity index (χ4n) is 8.14. The number of aliphatic carboxylic acids is 1. The fourth-order valence-corrected chi connectivity index (χ4v) is 8.35. The minimum absolute atomic E-state index is 0.00271. The number of carbonyl (C=O) groups is 5. The second-order valence-corrected chi connectivity index (χ2v) is 16.3. The Morgan fingerprint density at radius 2 is 1.57 bits per heavy atom. The smallest absolute Gasteiger partial charge is 0.326 e. The maximum Gasteiger partial charge on any atom is 0.326 e. The Morgan fingerprint density at radius 1 is 0.944 bits per heavy atom. The highest BCUT2D eigenvalue weighted by Gasteiger charge is 2.57. The Balaban J connectivity index is 1.81. The van der Waals surface area contributed by atoms with E-state index in [2.05, 4.69) is 16.0 Å². The number of likely N-dealkylation sites (tertiary alicyclic amines) is 1. The molecule has 0 radical (unpaired) electrons. The Bertz CT molecular complexity index is 1460. The van der Waals surface area contributed by atoms with Gasteiger partial charge in [-0.15, -0.1) is 0 Å². The summed E-state index contributed by atoms with van der Waals surface area (Å²) in [5.41, 5.74) is 0.601. The second-order valence-electron chi connectivity index (χ2n) is 15.9. The molecule has 304 valence electrons. The molecule has 11 atom stereocenters. The average Bonchev–Trinajstić information content (AvgIpc) is 3.78. The molecule has 1 saturated heterocycles. The van der Waals surface area contributed by atoms with Crippen LogP contribution in [0.2, 0.25) is 5.02 Å². The average molecular weight is 778 g/mol. The number of hydrogen-bond donors (Lipinski definition) is 4. The van der Waals surface area contributed by atoms with Crippen molar-refractivity contribution in [2.24, 2.45) is 29.6 Å². The van der Waals surface area contributed by atoms with E-state index in [-0.39, 0.29) is 60.3 Å². The molecule has 14 heteroatoms. The van der Waals surface area contributed by atoms with Crippen LogP contribution in [0, 0.1) is 29.6 Å². The predicted octanol–water partition coefficient (Wildman–Crippen LogP) is 3.76. The number of halogens is 1. The second kappa shape index (κ2) is 20.1. The number of carboxylic acid groups (broad SMARTS) is 1. The molecule has 1 saturated carbocycles. The minimum Gasteiger partial charge on any atom is -0.480 e. The number of ether oxygens (including phenoxy) is 2. The fraction of sp³-hybridized carbons (Fsp3) is 0.725. The van der Waals surface area contributed by atoms with E-state index < -0.39 is 60.2 Å². The molecule has 0 spiro atoms. The van der Waals surface area contributed by atoms with Crippen LogP contribution in [-0.2, 0) is 39.9 Å². The van der Waals surface area contributed by atoms with Gasteiger partial charge in [0.1, 0.15) is 12.1 Å². The number of methoxy groups -OCH3 is 2. The van der Waals surface area contributed by atoms with Crippen LogP contribution in [-0.4, -0.2) is 121 Å². The number of carboxylic acids is 1. The van der Waals surface area contributed by atoms with Gasteiger partial charge in [-0.25, -0.2) is 4.79 Å². The largest absolute Gasteiger partial charge is 0.480 e. The van der Waals surface area contributed by atoms with E-state index in [0.717, 1.165) is 6.42 Å². The standard InChI is InChI=1S/C40H64ClN5O8/c1-12-23(6)35(45(9)39(50)34(22(4)5)44-38(49)33(42-8)21(2)3)31(53-10)20-32(47)46-29-18-26(29)19-30(46)36(54-11)24(7)37(48)43-28(40(51)52)17-25-15-13-14-16-27(25)41/h13-16,21-24,26,28-31,33-36,42H,12,17-20H2,1-11H3,(H,43,48)(H,44,49)(H,51,52)/t23-,24+,26?,28-,29?,30-,31?,33?,34-,35-,36+/m0/s1. The van der Waals surface area contributed by atoms with Crippen LogP contribution in [0.25, 0.3) is 0 Å². The van der Waals surface area contributed by atoms with Gasteiger partial charge in [0.15, 0.2) is 0 Å². The van der Waals surface area contributed by atoms with Gasteiger partial charge < -0.3 is 40.3 Å². The first-order valence-corrected chi connectivity index (χ1v) is 19.7. The summed E-state index contributed by atoms with van der Waals surface area (Å²) in [6, 6.07) is 3.54. The first-order valence-electron chi connectivity index (χ1n) is 19.3. The number of nitrogens with zero attached hydrogens (tertiary/aromatic N) is 2. The number of fused-ring (bicyclic) bond motifs is 1. The van der Waals surface area contributed by atoms with Crippen molar-refractivity contribution in [1.29, 1.82) is 0 Å². The van der Waals surface area contributed by atoms with E-state index in [1.165, 1.54) is 7.11 Å². The third kappa shape index (κ3) is 10.7. The number of amides is 4. The van der Waals surface area contributed by atoms with Gasteiger partial charge in [-0.1, -0.05) is 84.7 Å². The summed E-state index contributed by atoms with van der Waals surface area (Å²) in [5, 5.41) is 19.1. The van der Waals surface area contributed by atoms with Gasteiger partial charge in [0.25, 0.3) is 0 Å². The van der Waals surface area contributed by atoms with E-state index in [1.54, 1.807) is 57.3 Å². The molecule has 4 unspecified atom stereocenters. The summed E-state index contributed by atoms with van der Waals surface area (Å²) in [5.74, 6) is -3.09. The molecular weight excluding hydrogens is 714 g/mol. The summed E-state index contributed by atoms with van der Waals surface area (Å²) in [4.78, 5) is 71.0. The highest BCUT2D eigenvalue weighted by molar-refractivity contribution is 6.31. The first kappa shape index (κ1) is 45.1. The summed E-state index contributed by atoms with van der Waals surface area (Å²) in [6.07, 6.45) is 0.859. The Kier molecular flexibility index (Phi) is 16.8. The van der Waals surface area contributed by atoms with Crippen LogP contribution in [0.15, 0.2) is 24.3 Å². The molecule has 54 heavy (non-hydrogen) atoms. The molecule has 1 aliphatic carbocycles. The van der Waals surface area contributed by atoms with Gasteiger partial charge in [-0.05, 0) is 55.2 Å². The number of benzene rings is 1. The molecule has 3 rings (SSSR count). The highest BCUT2D eigenvalue weighted by Crippen LogP contribution is 2.50. The monoisotopic (exact) mass is 777 g/mol. The molecule has 4 amide bonds. The van der Waals surface area contributed by atoms with Crippen molar-refractivity contribution in [3.8, 4) is 0 Å². The lowest BCUT2D eigenvalue weighted by molar-refractivity contribution is -0.149. The molecule has 1 aromatic carbocycles. The molecule has 2 aliphatic rings. The van der Waals surface area contributed by atoms with E-state index >= 15 is 0 Å². The summed E-state index contributed by atoms with van der Waals surface area (Å²) >= 11 is 6.28. The number of carbonyl (C=O) groups excluding carboxylic acids is 4. The zero-order valence-corrected chi connectivity index (χ0v) is 34.7. The van der Waals surface area contributed by atoms with Gasteiger partial charge >= 0.3 is 5.97 Å².